The summed E-state index contributed by atoms with van der Waals surface area (Å²) in [5.41, 5.74) is 1.49. The van der Waals surface area contributed by atoms with Gasteiger partial charge in [0.15, 0.2) is 11.6 Å². The monoisotopic (exact) mass is 416 g/mol. The van der Waals surface area contributed by atoms with E-state index < -0.39 is 11.4 Å². The first-order chi connectivity index (χ1) is 14.4. The summed E-state index contributed by atoms with van der Waals surface area (Å²) in [5.74, 6) is -0.454. The highest BCUT2D eigenvalue weighted by Crippen LogP contribution is 2.41. The fourth-order valence-corrected chi connectivity index (χ4v) is 4.83. The molecule has 3 aliphatic rings. The lowest BCUT2D eigenvalue weighted by Crippen LogP contribution is -2.51. The molecule has 2 fully saturated rings. The van der Waals surface area contributed by atoms with Crippen molar-refractivity contribution >= 4 is 22.8 Å². The van der Waals surface area contributed by atoms with Crippen LogP contribution in [-0.4, -0.2) is 83.7 Å². The van der Waals surface area contributed by atoms with Crippen molar-refractivity contribution in [3.63, 3.8) is 0 Å². The van der Waals surface area contributed by atoms with Gasteiger partial charge in [0.25, 0.3) is 5.91 Å². The molecule has 0 unspecified atom stereocenters. The zero-order valence-electron chi connectivity index (χ0n) is 17.2. The number of urea groups is 1. The Kier molecular flexibility index (Phi) is 4.48. The maximum Gasteiger partial charge on any atom is 0.328 e. The van der Waals surface area contributed by atoms with E-state index in [1.807, 2.05) is 6.92 Å². The highest BCUT2D eigenvalue weighted by atomic mass is 19.1. The lowest BCUT2D eigenvalue weighted by atomic mass is 9.86. The first-order valence-electron chi connectivity index (χ1n) is 10.2. The molecule has 160 valence electrons. The second kappa shape index (κ2) is 6.95. The van der Waals surface area contributed by atoms with Gasteiger partial charge in [-0.05, 0) is 18.6 Å². The number of nitrogens with zero attached hydrogens (tertiary/aromatic N) is 3. The molecule has 8 nitrogen and oxygen atoms in total. The van der Waals surface area contributed by atoms with Gasteiger partial charge in [-0.3, -0.25) is 14.6 Å². The third-order valence-corrected chi connectivity index (χ3v) is 6.61. The van der Waals surface area contributed by atoms with Gasteiger partial charge in [0.2, 0.25) is 0 Å². The van der Waals surface area contributed by atoms with Crippen LogP contribution in [0.5, 0.6) is 5.75 Å². The topological polar surface area (TPSA) is 78.1 Å². The minimum atomic E-state index is -0.939. The van der Waals surface area contributed by atoms with Crippen LogP contribution < -0.4 is 4.74 Å². The van der Waals surface area contributed by atoms with Gasteiger partial charge in [0.05, 0.1) is 26.9 Å². The molecular weight excluding hydrogens is 391 g/mol. The summed E-state index contributed by atoms with van der Waals surface area (Å²) in [6.07, 6.45) is 0.385. The van der Waals surface area contributed by atoms with E-state index in [1.165, 1.54) is 18.1 Å². The summed E-state index contributed by atoms with van der Waals surface area (Å²) in [4.78, 5) is 34.9. The van der Waals surface area contributed by atoms with Crippen LogP contribution in [0.25, 0.3) is 10.9 Å². The fraction of sp³-hybridized carbons (Fsp3) is 0.524. The summed E-state index contributed by atoms with van der Waals surface area (Å²) >= 11 is 0. The average Bonchev–Trinajstić information content (AvgIpc) is 3.16. The Morgan fingerprint density at radius 3 is 2.73 bits per heavy atom. The molecule has 3 aliphatic heterocycles. The lowest BCUT2D eigenvalue weighted by Gasteiger charge is -2.35. The quantitative estimate of drug-likeness (QED) is 0.768. The van der Waals surface area contributed by atoms with Crippen LogP contribution in [0.2, 0.25) is 0 Å². The number of methoxy groups -OCH3 is 1. The first kappa shape index (κ1) is 19.3. The number of benzene rings is 1. The van der Waals surface area contributed by atoms with E-state index in [0.29, 0.717) is 44.8 Å². The van der Waals surface area contributed by atoms with Gasteiger partial charge >= 0.3 is 6.03 Å². The van der Waals surface area contributed by atoms with Crippen LogP contribution in [0.3, 0.4) is 0 Å². The van der Waals surface area contributed by atoms with E-state index in [4.69, 9.17) is 9.47 Å². The first-order valence-corrected chi connectivity index (χ1v) is 10.2. The number of aromatic nitrogens is 1. The van der Waals surface area contributed by atoms with Gasteiger partial charge in [-0.2, -0.15) is 0 Å². The van der Waals surface area contributed by atoms with E-state index in [1.54, 1.807) is 11.0 Å². The molecule has 0 radical (unpaired) electrons. The smallest absolute Gasteiger partial charge is 0.328 e. The van der Waals surface area contributed by atoms with Crippen molar-refractivity contribution in [3.8, 4) is 5.75 Å². The second-order valence-electron chi connectivity index (χ2n) is 8.34. The van der Waals surface area contributed by atoms with Gasteiger partial charge in [-0.1, -0.05) is 0 Å². The van der Waals surface area contributed by atoms with Crippen LogP contribution in [0.15, 0.2) is 12.1 Å². The molecule has 0 bridgehead atoms. The largest absolute Gasteiger partial charge is 0.494 e. The second-order valence-corrected chi connectivity index (χ2v) is 8.34. The number of rotatable bonds is 4. The molecule has 9 heteroatoms. The number of amides is 3. The summed E-state index contributed by atoms with van der Waals surface area (Å²) in [6, 6.07) is 2.80. The zero-order chi connectivity index (χ0) is 21.0. The van der Waals surface area contributed by atoms with Gasteiger partial charge in [-0.25, -0.2) is 9.18 Å². The van der Waals surface area contributed by atoms with Gasteiger partial charge in [-0.15, -0.1) is 0 Å². The lowest BCUT2D eigenvalue weighted by molar-refractivity contribution is -0.133. The Labute approximate surface area is 173 Å². The summed E-state index contributed by atoms with van der Waals surface area (Å²) in [5, 5.41) is 0.830. The fourth-order valence-electron chi connectivity index (χ4n) is 4.83. The molecule has 1 N–H and O–H groups in total. The minimum Gasteiger partial charge on any atom is -0.494 e. The molecule has 5 rings (SSSR count). The van der Waals surface area contributed by atoms with Crippen LogP contribution >= 0.6 is 0 Å². The van der Waals surface area contributed by atoms with Crippen LogP contribution in [-0.2, 0) is 22.5 Å². The molecule has 0 aliphatic carbocycles. The van der Waals surface area contributed by atoms with Gasteiger partial charge < -0.3 is 19.4 Å². The van der Waals surface area contributed by atoms with E-state index >= 15 is 0 Å². The number of hydrogen-bond donors (Lipinski definition) is 1. The highest BCUT2D eigenvalue weighted by molar-refractivity contribution is 6.07. The highest BCUT2D eigenvalue weighted by Gasteiger charge is 2.56. The third kappa shape index (κ3) is 2.79. The van der Waals surface area contributed by atoms with Gasteiger partial charge in [0, 0.05) is 55.3 Å². The number of nitrogens with one attached hydrogen (secondary N) is 1. The molecule has 2 saturated heterocycles. The number of halogens is 1. The average molecular weight is 416 g/mol. The van der Waals surface area contributed by atoms with Crippen molar-refractivity contribution in [3.05, 3.63) is 29.2 Å². The number of carbonyl (C=O) groups excluding carboxylic acids is 2. The van der Waals surface area contributed by atoms with Crippen molar-refractivity contribution in [2.75, 3.05) is 46.5 Å². The van der Waals surface area contributed by atoms with E-state index in [0.717, 1.165) is 29.7 Å². The zero-order valence-corrected chi connectivity index (χ0v) is 17.2. The SMILES string of the molecule is COc1cc2c3c([nH]c2cc1F)CN1C(=O)N(CCN2CCOCC2)C(=O)[C@]1(C)C3. The maximum atomic E-state index is 14.1. The number of imide groups is 1. The number of aromatic amines is 1. The number of morpholine rings is 1. The predicted molar refractivity (Wildman–Crippen MR) is 107 cm³/mol. The summed E-state index contributed by atoms with van der Waals surface area (Å²) in [7, 11) is 1.43. The molecule has 3 amide bonds. The van der Waals surface area contributed by atoms with Gasteiger partial charge in [0.1, 0.15) is 5.54 Å². The Hall–Kier alpha value is -2.65. The molecule has 0 spiro atoms. The number of ether oxygens (including phenoxy) is 2. The van der Waals surface area contributed by atoms with Crippen molar-refractivity contribution in [2.24, 2.45) is 0 Å². The third-order valence-electron chi connectivity index (χ3n) is 6.61. The summed E-state index contributed by atoms with van der Waals surface area (Å²) < 4.78 is 24.6. The Balaban J connectivity index is 1.43. The van der Waals surface area contributed by atoms with Crippen LogP contribution in [0, 0.1) is 5.82 Å². The Morgan fingerprint density at radius 1 is 1.23 bits per heavy atom. The molecule has 0 saturated carbocycles. The standard InChI is InChI=1S/C21H25FN4O4/c1-21-11-14-13-9-18(29-2)15(22)10-16(13)23-17(14)12-26(21)20(28)25(19(21)27)4-3-24-5-7-30-8-6-24/h9-10,23H,3-8,11-12H2,1-2H3/t21-/m0/s1. The number of fused-ring (bicyclic) bond motifs is 4. The van der Waals surface area contributed by atoms with E-state index in [-0.39, 0.29) is 17.7 Å². The number of H-pyrrole nitrogens is 1. The molecule has 1 atom stereocenters. The molecule has 1 aromatic carbocycles. The van der Waals surface area contributed by atoms with Crippen molar-refractivity contribution in [1.29, 1.82) is 0 Å². The van der Waals surface area contributed by atoms with E-state index in [2.05, 4.69) is 9.88 Å². The number of hydrogen-bond acceptors (Lipinski definition) is 5. The Morgan fingerprint density at radius 2 is 2.00 bits per heavy atom. The van der Waals surface area contributed by atoms with Crippen LogP contribution in [0.4, 0.5) is 9.18 Å². The van der Waals surface area contributed by atoms with Crippen molar-refractivity contribution in [1.82, 2.24) is 19.7 Å². The molecular formula is C21H25FN4O4. The molecule has 30 heavy (non-hydrogen) atoms. The minimum absolute atomic E-state index is 0.165. The molecule has 1 aromatic heterocycles. The normalized spacial score (nSPS) is 24.5. The number of carbonyl (C=O) groups is 2. The van der Waals surface area contributed by atoms with Crippen molar-refractivity contribution in [2.45, 2.75) is 25.4 Å². The Bertz CT molecular complexity index is 1030. The van der Waals surface area contributed by atoms with Crippen LogP contribution in [0.1, 0.15) is 18.2 Å². The molecule has 2 aromatic rings. The summed E-state index contributed by atoms with van der Waals surface area (Å²) in [6.45, 7) is 6.12. The molecule has 4 heterocycles. The van der Waals surface area contributed by atoms with Crippen molar-refractivity contribution < 1.29 is 23.5 Å². The van der Waals surface area contributed by atoms with E-state index in [9.17, 15) is 14.0 Å². The predicted octanol–water partition coefficient (Wildman–Crippen LogP) is 1.73. The maximum absolute atomic E-state index is 14.1.